The third-order valence-corrected chi connectivity index (χ3v) is 9.76. The number of carbonyl (C=O) groups excluding carboxylic acids is 1. The van der Waals surface area contributed by atoms with Gasteiger partial charge in [0.25, 0.3) is 0 Å². The van der Waals surface area contributed by atoms with Gasteiger partial charge >= 0.3 is 5.97 Å². The van der Waals surface area contributed by atoms with Gasteiger partial charge in [-0.2, -0.15) is 0 Å². The number of fused-ring (bicyclic) bond motifs is 6. The topological polar surface area (TPSA) is 44.8 Å². The normalized spacial score (nSPS) is 23.5. The van der Waals surface area contributed by atoms with E-state index in [0.717, 1.165) is 49.2 Å². The van der Waals surface area contributed by atoms with Crippen LogP contribution in [0.2, 0.25) is 0 Å². The predicted octanol–water partition coefficient (Wildman–Crippen LogP) is 7.67. The third kappa shape index (κ3) is 4.63. The number of hydrogen-bond donors (Lipinski definition) is 1. The molecule has 2 aliphatic heterocycles. The van der Waals surface area contributed by atoms with Crippen molar-refractivity contribution in [2.45, 2.75) is 82.9 Å². The lowest BCUT2D eigenvalue weighted by atomic mass is 9.68. The average molecular weight is 562 g/mol. The number of nitrogens with one attached hydrogen (secondary N) is 1. The number of aryl methyl sites for hydroxylation is 1. The Kier molecular flexibility index (Phi) is 6.89. The van der Waals surface area contributed by atoms with Gasteiger partial charge in [-0.25, -0.2) is 4.79 Å². The zero-order chi connectivity index (χ0) is 28.9. The molecule has 0 saturated carbocycles. The highest BCUT2D eigenvalue weighted by Crippen LogP contribution is 2.52. The quantitative estimate of drug-likeness (QED) is 0.333. The second kappa shape index (κ2) is 10.6. The van der Waals surface area contributed by atoms with Crippen molar-refractivity contribution in [3.63, 3.8) is 0 Å². The van der Waals surface area contributed by atoms with Crippen LogP contribution in [0.3, 0.4) is 0 Å². The average Bonchev–Trinajstić information content (AvgIpc) is 3.23. The molecule has 1 fully saturated rings. The number of rotatable bonds is 3. The molecule has 3 aromatic carbocycles. The molecule has 1 N–H and O–H groups in total. The number of hydrogen-bond acceptors (Lipinski definition) is 5. The Morgan fingerprint density at radius 1 is 0.929 bits per heavy atom. The van der Waals surface area contributed by atoms with E-state index in [4.69, 9.17) is 4.74 Å². The van der Waals surface area contributed by atoms with Gasteiger partial charge in [-0.1, -0.05) is 61.0 Å². The van der Waals surface area contributed by atoms with E-state index in [1.54, 1.807) is 0 Å². The highest BCUT2D eigenvalue weighted by atomic mass is 16.6. The van der Waals surface area contributed by atoms with Crippen molar-refractivity contribution in [3.8, 4) is 11.1 Å². The van der Waals surface area contributed by atoms with Crippen molar-refractivity contribution >= 4 is 17.7 Å². The van der Waals surface area contributed by atoms with Crippen LogP contribution in [0.25, 0.3) is 17.2 Å². The molecule has 0 radical (unpaired) electrons. The van der Waals surface area contributed by atoms with E-state index in [0.29, 0.717) is 19.1 Å². The standard InChI is InChI=1S/C37H43N3O2/c1-36(2,3)42-35(41)37(40-24-20-27-12-6-8-14-32(27)38-25-40)21-19-33(39-22-9-4-10-23-39)34-30-16-15-26-11-5-7-13-28(26)29(30)17-18-31(34)37/h5-8,11-14,17-18,20,24,33,38H,4,9-10,15-16,19,21-23,25H2,1-3H3. The number of benzene rings is 3. The van der Waals surface area contributed by atoms with Crippen LogP contribution in [-0.4, -0.2) is 41.1 Å². The number of anilines is 1. The lowest BCUT2D eigenvalue weighted by molar-refractivity contribution is -0.171. The first kappa shape index (κ1) is 27.3. The molecular weight excluding hydrogens is 518 g/mol. The fourth-order valence-electron chi connectivity index (χ4n) is 7.86. The molecule has 3 aromatic rings. The predicted molar refractivity (Wildman–Crippen MR) is 170 cm³/mol. The number of ether oxygens (including phenoxy) is 1. The van der Waals surface area contributed by atoms with E-state index >= 15 is 0 Å². The van der Waals surface area contributed by atoms with E-state index in [-0.39, 0.29) is 5.97 Å². The molecule has 0 aromatic heterocycles. The van der Waals surface area contributed by atoms with Crippen molar-refractivity contribution < 1.29 is 9.53 Å². The second-order valence-corrected chi connectivity index (χ2v) is 13.4. The molecule has 2 atom stereocenters. The first-order valence-electron chi connectivity index (χ1n) is 15.8. The molecule has 1 saturated heterocycles. The summed E-state index contributed by atoms with van der Waals surface area (Å²) in [6, 6.07) is 22.1. The summed E-state index contributed by atoms with van der Waals surface area (Å²) in [6.07, 6.45) is 11.8. The van der Waals surface area contributed by atoms with Crippen LogP contribution in [0.5, 0.6) is 0 Å². The summed E-state index contributed by atoms with van der Waals surface area (Å²) in [6.45, 7) is 8.73. The molecule has 2 aliphatic carbocycles. The van der Waals surface area contributed by atoms with E-state index in [9.17, 15) is 4.79 Å². The van der Waals surface area contributed by atoms with Gasteiger partial charge in [0.1, 0.15) is 5.60 Å². The second-order valence-electron chi connectivity index (χ2n) is 13.4. The third-order valence-electron chi connectivity index (χ3n) is 9.76. The van der Waals surface area contributed by atoms with Gasteiger partial charge in [-0.05, 0) is 123 Å². The van der Waals surface area contributed by atoms with Crippen LogP contribution in [0.4, 0.5) is 5.69 Å². The maximum Gasteiger partial charge on any atom is 0.337 e. The number of para-hydroxylation sites is 1. The van der Waals surface area contributed by atoms with Crippen molar-refractivity contribution in [2.75, 3.05) is 25.1 Å². The minimum absolute atomic E-state index is 0.151. The molecular formula is C37H43N3O2. The van der Waals surface area contributed by atoms with Gasteiger partial charge in [-0.15, -0.1) is 0 Å². The summed E-state index contributed by atoms with van der Waals surface area (Å²) in [5.74, 6) is -0.151. The summed E-state index contributed by atoms with van der Waals surface area (Å²) in [4.78, 5) is 19.6. The smallest absolute Gasteiger partial charge is 0.337 e. The first-order valence-corrected chi connectivity index (χ1v) is 15.8. The molecule has 42 heavy (non-hydrogen) atoms. The molecule has 5 nitrogen and oxygen atoms in total. The maximum atomic E-state index is 14.7. The van der Waals surface area contributed by atoms with Crippen molar-refractivity contribution in [3.05, 3.63) is 94.7 Å². The Balaban J connectivity index is 1.43. The molecule has 7 rings (SSSR count). The van der Waals surface area contributed by atoms with Gasteiger partial charge in [0, 0.05) is 17.9 Å². The van der Waals surface area contributed by atoms with E-state index < -0.39 is 11.1 Å². The Morgan fingerprint density at radius 3 is 2.55 bits per heavy atom. The van der Waals surface area contributed by atoms with Gasteiger partial charge in [0.05, 0.1) is 6.67 Å². The zero-order valence-corrected chi connectivity index (χ0v) is 25.3. The minimum Gasteiger partial charge on any atom is -0.458 e. The zero-order valence-electron chi connectivity index (χ0n) is 25.3. The summed E-state index contributed by atoms with van der Waals surface area (Å²) in [7, 11) is 0. The number of likely N-dealkylation sites (tertiary alicyclic amines) is 1. The Morgan fingerprint density at radius 2 is 1.71 bits per heavy atom. The van der Waals surface area contributed by atoms with Crippen LogP contribution in [0.15, 0.2) is 66.9 Å². The molecule has 0 spiro atoms. The molecule has 218 valence electrons. The highest BCUT2D eigenvalue weighted by Gasteiger charge is 2.53. The SMILES string of the molecule is CC(C)(C)OC(=O)C1(N2C=Cc3ccccc3NC2)CCC(N2CCCCC2)c2c1ccc1c2CCc2ccccc2-1. The summed E-state index contributed by atoms with van der Waals surface area (Å²) in [5.41, 5.74) is 8.76. The highest BCUT2D eigenvalue weighted by molar-refractivity contribution is 5.87. The van der Waals surface area contributed by atoms with Crippen molar-refractivity contribution in [1.82, 2.24) is 9.80 Å². The fourth-order valence-corrected chi connectivity index (χ4v) is 7.86. The fraction of sp³-hybridized carbons (Fsp3) is 0.432. The molecule has 0 amide bonds. The molecule has 2 unspecified atom stereocenters. The molecule has 4 aliphatic rings. The Hall–Kier alpha value is -3.57. The van der Waals surface area contributed by atoms with E-state index in [1.165, 1.54) is 47.1 Å². The molecule has 0 bridgehead atoms. The summed E-state index contributed by atoms with van der Waals surface area (Å²) < 4.78 is 6.33. The van der Waals surface area contributed by atoms with Crippen LogP contribution in [0, 0.1) is 0 Å². The Bertz CT molecular complexity index is 1530. The van der Waals surface area contributed by atoms with Crippen LogP contribution in [-0.2, 0) is 27.9 Å². The van der Waals surface area contributed by atoms with Crippen molar-refractivity contribution in [1.29, 1.82) is 0 Å². The summed E-state index contributed by atoms with van der Waals surface area (Å²) >= 11 is 0. The van der Waals surface area contributed by atoms with Crippen molar-refractivity contribution in [2.24, 2.45) is 0 Å². The number of nitrogens with zero attached hydrogens (tertiary/aromatic N) is 2. The number of piperidine rings is 1. The van der Waals surface area contributed by atoms with Gasteiger partial charge in [-0.3, -0.25) is 4.90 Å². The van der Waals surface area contributed by atoms with Crippen LogP contribution in [0.1, 0.15) is 86.7 Å². The molecule has 2 heterocycles. The van der Waals surface area contributed by atoms with Crippen LogP contribution >= 0.6 is 0 Å². The lowest BCUT2D eigenvalue weighted by Gasteiger charge is -2.50. The van der Waals surface area contributed by atoms with Gasteiger partial charge in [0.2, 0.25) is 0 Å². The largest absolute Gasteiger partial charge is 0.458 e. The number of esters is 1. The minimum atomic E-state index is -0.924. The number of carbonyl (C=O) groups is 1. The lowest BCUT2D eigenvalue weighted by Crippen LogP contribution is -2.56. The van der Waals surface area contributed by atoms with Gasteiger partial charge < -0.3 is 15.0 Å². The summed E-state index contributed by atoms with van der Waals surface area (Å²) in [5, 5.41) is 3.64. The first-order chi connectivity index (χ1) is 20.3. The van der Waals surface area contributed by atoms with Gasteiger partial charge in [0.15, 0.2) is 5.54 Å². The maximum absolute atomic E-state index is 14.7. The van der Waals surface area contributed by atoms with Crippen LogP contribution < -0.4 is 5.32 Å². The monoisotopic (exact) mass is 561 g/mol. The molecule has 5 heteroatoms. The Labute approximate surface area is 250 Å². The van der Waals surface area contributed by atoms with E-state index in [2.05, 4.69) is 88.1 Å². The van der Waals surface area contributed by atoms with E-state index in [1.807, 2.05) is 20.8 Å².